The summed E-state index contributed by atoms with van der Waals surface area (Å²) in [4.78, 5) is 0. The maximum Gasteiger partial charge on any atom is 0.150 e. The van der Waals surface area contributed by atoms with E-state index in [9.17, 15) is 0 Å². The van der Waals surface area contributed by atoms with Crippen LogP contribution in [-0.4, -0.2) is 22.9 Å². The molecule has 0 aliphatic rings. The second-order valence-electron chi connectivity index (χ2n) is 2.90. The summed E-state index contributed by atoms with van der Waals surface area (Å²) in [6, 6.07) is 1.97. The van der Waals surface area contributed by atoms with Crippen molar-refractivity contribution in [3.8, 4) is 0 Å². The number of rotatable bonds is 4. The molecule has 0 amide bonds. The minimum Gasteiger partial charge on any atom is -0.395 e. The number of hydrogen-bond acceptors (Lipinski definition) is 4. The lowest BCUT2D eigenvalue weighted by Gasteiger charge is -2.07. The molecule has 0 saturated carbocycles. The van der Waals surface area contributed by atoms with Gasteiger partial charge >= 0.3 is 0 Å². The number of aliphatic hydroxyl groups excluding tert-OH is 1. The molecule has 0 spiro atoms. The molecule has 0 aromatic carbocycles. The fourth-order valence-corrected chi connectivity index (χ4v) is 0.839. The van der Waals surface area contributed by atoms with Gasteiger partial charge in [-0.15, -0.1) is 0 Å². The number of aliphatic hydroxyl groups is 1. The average Bonchev–Trinajstić information content (AvgIpc) is 2.47. The fourth-order valence-electron chi connectivity index (χ4n) is 0.839. The van der Waals surface area contributed by atoms with Gasteiger partial charge in [-0.2, -0.15) is 0 Å². The minimum absolute atomic E-state index is 0.0930. The van der Waals surface area contributed by atoms with Gasteiger partial charge in [0.05, 0.1) is 18.8 Å². The van der Waals surface area contributed by atoms with Gasteiger partial charge < -0.3 is 14.9 Å². The van der Waals surface area contributed by atoms with Crippen molar-refractivity contribution in [3.63, 3.8) is 0 Å². The summed E-state index contributed by atoms with van der Waals surface area (Å²) in [7, 11) is 0. The molecule has 0 fully saturated rings. The maximum absolute atomic E-state index is 8.71. The van der Waals surface area contributed by atoms with Gasteiger partial charge in [-0.05, 0) is 13.8 Å². The highest BCUT2D eigenvalue weighted by molar-refractivity contribution is 5.02. The van der Waals surface area contributed by atoms with Crippen LogP contribution in [0, 0.1) is 6.92 Å². The standard InChI is InChI=1S/C8H14N2O2/c1-6-3-8(12-10-6)4-9-7(2)5-11/h3,7,9,11H,4-5H2,1-2H3. The van der Waals surface area contributed by atoms with E-state index < -0.39 is 0 Å². The van der Waals surface area contributed by atoms with Crippen LogP contribution in [-0.2, 0) is 6.54 Å². The van der Waals surface area contributed by atoms with Crippen molar-refractivity contribution in [2.45, 2.75) is 26.4 Å². The van der Waals surface area contributed by atoms with Crippen LogP contribution >= 0.6 is 0 Å². The third-order valence-corrected chi connectivity index (χ3v) is 1.58. The molecular formula is C8H14N2O2. The molecule has 1 aromatic rings. The smallest absolute Gasteiger partial charge is 0.150 e. The summed E-state index contributed by atoms with van der Waals surface area (Å²) in [5.41, 5.74) is 0.878. The third kappa shape index (κ3) is 2.64. The Balaban J connectivity index is 2.33. The van der Waals surface area contributed by atoms with Crippen molar-refractivity contribution in [2.24, 2.45) is 0 Å². The topological polar surface area (TPSA) is 58.3 Å². The lowest BCUT2D eigenvalue weighted by Crippen LogP contribution is -2.28. The molecule has 0 aliphatic heterocycles. The normalized spacial score (nSPS) is 13.2. The summed E-state index contributed by atoms with van der Waals surface area (Å²) < 4.78 is 4.97. The van der Waals surface area contributed by atoms with Crippen LogP contribution in [0.3, 0.4) is 0 Å². The van der Waals surface area contributed by atoms with E-state index in [1.54, 1.807) is 0 Å². The third-order valence-electron chi connectivity index (χ3n) is 1.58. The van der Waals surface area contributed by atoms with E-state index in [-0.39, 0.29) is 12.6 Å². The summed E-state index contributed by atoms with van der Waals surface area (Å²) in [6.07, 6.45) is 0. The van der Waals surface area contributed by atoms with Crippen LogP contribution < -0.4 is 5.32 Å². The van der Waals surface area contributed by atoms with E-state index in [0.29, 0.717) is 6.54 Å². The van der Waals surface area contributed by atoms with Gasteiger partial charge in [-0.1, -0.05) is 5.16 Å². The number of aromatic nitrogens is 1. The molecule has 1 unspecified atom stereocenters. The van der Waals surface area contributed by atoms with Crippen LogP contribution in [0.2, 0.25) is 0 Å². The average molecular weight is 170 g/mol. The summed E-state index contributed by atoms with van der Waals surface area (Å²) in [5, 5.41) is 15.5. The Morgan fingerprint density at radius 1 is 1.75 bits per heavy atom. The Hall–Kier alpha value is -0.870. The van der Waals surface area contributed by atoms with E-state index in [4.69, 9.17) is 9.63 Å². The van der Waals surface area contributed by atoms with Crippen LogP contribution in [0.1, 0.15) is 18.4 Å². The maximum atomic E-state index is 8.71. The van der Waals surface area contributed by atoms with Gasteiger partial charge in [0.25, 0.3) is 0 Å². The van der Waals surface area contributed by atoms with Gasteiger partial charge in [-0.25, -0.2) is 0 Å². The number of aryl methyl sites for hydroxylation is 1. The summed E-state index contributed by atoms with van der Waals surface area (Å²) in [6.45, 7) is 4.53. The molecular weight excluding hydrogens is 156 g/mol. The summed E-state index contributed by atoms with van der Waals surface area (Å²) >= 11 is 0. The first-order chi connectivity index (χ1) is 5.72. The largest absolute Gasteiger partial charge is 0.395 e. The lowest BCUT2D eigenvalue weighted by molar-refractivity contribution is 0.246. The predicted molar refractivity (Wildman–Crippen MR) is 44.6 cm³/mol. The van der Waals surface area contributed by atoms with Gasteiger partial charge in [0, 0.05) is 12.1 Å². The van der Waals surface area contributed by atoms with Crippen molar-refractivity contribution in [1.82, 2.24) is 10.5 Å². The predicted octanol–water partition coefficient (Wildman–Crippen LogP) is 0.453. The van der Waals surface area contributed by atoms with Crippen LogP contribution in [0.5, 0.6) is 0 Å². The Kier molecular flexibility index (Phi) is 3.25. The second-order valence-corrected chi connectivity index (χ2v) is 2.90. The molecule has 0 bridgehead atoms. The van der Waals surface area contributed by atoms with Crippen molar-refractivity contribution in [1.29, 1.82) is 0 Å². The minimum atomic E-state index is 0.0930. The van der Waals surface area contributed by atoms with Crippen LogP contribution in [0.25, 0.3) is 0 Å². The molecule has 1 heterocycles. The van der Waals surface area contributed by atoms with Crippen molar-refractivity contribution in [2.75, 3.05) is 6.61 Å². The highest BCUT2D eigenvalue weighted by atomic mass is 16.5. The van der Waals surface area contributed by atoms with E-state index >= 15 is 0 Å². The second kappa shape index (κ2) is 4.23. The summed E-state index contributed by atoms with van der Waals surface area (Å²) in [5.74, 6) is 0.799. The van der Waals surface area contributed by atoms with E-state index in [1.807, 2.05) is 19.9 Å². The van der Waals surface area contributed by atoms with Gasteiger partial charge in [0.2, 0.25) is 0 Å². The SMILES string of the molecule is Cc1cc(CNC(C)CO)on1. The Bertz CT molecular complexity index is 235. The molecule has 1 rings (SSSR count). The molecule has 1 atom stereocenters. The zero-order valence-corrected chi connectivity index (χ0v) is 7.37. The van der Waals surface area contributed by atoms with E-state index in [2.05, 4.69) is 10.5 Å². The Labute approximate surface area is 71.6 Å². The molecule has 0 aliphatic carbocycles. The molecule has 2 N–H and O–H groups in total. The molecule has 4 heteroatoms. The first-order valence-corrected chi connectivity index (χ1v) is 3.99. The molecule has 1 aromatic heterocycles. The monoisotopic (exact) mass is 170 g/mol. The molecule has 12 heavy (non-hydrogen) atoms. The fraction of sp³-hybridized carbons (Fsp3) is 0.625. The van der Waals surface area contributed by atoms with Crippen molar-refractivity contribution >= 4 is 0 Å². The Morgan fingerprint density at radius 2 is 2.50 bits per heavy atom. The number of nitrogens with one attached hydrogen (secondary N) is 1. The van der Waals surface area contributed by atoms with Crippen molar-refractivity contribution < 1.29 is 9.63 Å². The molecule has 4 nitrogen and oxygen atoms in total. The Morgan fingerprint density at radius 3 is 3.00 bits per heavy atom. The van der Waals surface area contributed by atoms with E-state index in [1.165, 1.54) is 0 Å². The van der Waals surface area contributed by atoms with Gasteiger partial charge in [-0.3, -0.25) is 0 Å². The zero-order chi connectivity index (χ0) is 8.97. The van der Waals surface area contributed by atoms with Crippen molar-refractivity contribution in [3.05, 3.63) is 17.5 Å². The zero-order valence-electron chi connectivity index (χ0n) is 7.37. The highest BCUT2D eigenvalue weighted by Gasteiger charge is 2.02. The van der Waals surface area contributed by atoms with Crippen LogP contribution in [0.15, 0.2) is 10.6 Å². The van der Waals surface area contributed by atoms with Gasteiger partial charge in [0.15, 0.2) is 5.76 Å². The molecule has 68 valence electrons. The molecule has 0 saturated heterocycles. The van der Waals surface area contributed by atoms with Gasteiger partial charge in [0.1, 0.15) is 0 Å². The lowest BCUT2D eigenvalue weighted by atomic mass is 10.3. The first-order valence-electron chi connectivity index (χ1n) is 3.99. The van der Waals surface area contributed by atoms with E-state index in [0.717, 1.165) is 11.5 Å². The quantitative estimate of drug-likeness (QED) is 0.689. The first kappa shape index (κ1) is 9.22. The molecule has 0 radical (unpaired) electrons. The number of hydrogen-bond donors (Lipinski definition) is 2. The van der Waals surface area contributed by atoms with Crippen LogP contribution in [0.4, 0.5) is 0 Å². The highest BCUT2D eigenvalue weighted by Crippen LogP contribution is 2.01. The number of nitrogens with zero attached hydrogens (tertiary/aromatic N) is 1.